The molecule has 2 rings (SSSR count). The van der Waals surface area contributed by atoms with E-state index in [4.69, 9.17) is 11.6 Å². The molecular formula is C13H11ClN2O. The second-order valence-corrected chi connectivity index (χ2v) is 4.04. The lowest BCUT2D eigenvalue weighted by molar-refractivity contribution is -0.112. The second-order valence-electron chi connectivity index (χ2n) is 3.60. The van der Waals surface area contributed by atoms with Crippen LogP contribution in [0.15, 0.2) is 42.7 Å². The number of carbonyl (C=O) groups excluding carboxylic acids is 1. The molecule has 0 N–H and O–H groups in total. The summed E-state index contributed by atoms with van der Waals surface area (Å²) in [7, 11) is 0. The van der Waals surface area contributed by atoms with Gasteiger partial charge in [-0.3, -0.25) is 4.79 Å². The van der Waals surface area contributed by atoms with Crippen LogP contribution in [0.3, 0.4) is 0 Å². The predicted octanol–water partition coefficient (Wildman–Crippen LogP) is 3.12. The monoisotopic (exact) mass is 246 g/mol. The Morgan fingerprint density at radius 2 is 2.06 bits per heavy atom. The van der Waals surface area contributed by atoms with E-state index in [1.54, 1.807) is 12.3 Å². The highest BCUT2D eigenvalue weighted by Gasteiger charge is 2.08. The fraction of sp³-hybridized carbons (Fsp3) is 0.0769. The van der Waals surface area contributed by atoms with Crippen molar-refractivity contribution in [2.24, 2.45) is 0 Å². The van der Waals surface area contributed by atoms with Gasteiger partial charge < -0.3 is 0 Å². The quantitative estimate of drug-likeness (QED) is 0.780. The SMILES string of the molecule is CC(=O)/C(=C/c1ccccc1)n1cc(Cl)cn1. The molecule has 0 aliphatic carbocycles. The molecule has 1 aromatic carbocycles. The molecule has 0 aliphatic heterocycles. The lowest BCUT2D eigenvalue weighted by atomic mass is 10.1. The lowest BCUT2D eigenvalue weighted by Gasteiger charge is -2.03. The van der Waals surface area contributed by atoms with Crippen molar-refractivity contribution in [1.29, 1.82) is 0 Å². The molecule has 0 aliphatic rings. The molecule has 0 unspecified atom stereocenters. The van der Waals surface area contributed by atoms with Crippen LogP contribution in [0, 0.1) is 0 Å². The predicted molar refractivity (Wildman–Crippen MR) is 68.5 cm³/mol. The van der Waals surface area contributed by atoms with Crippen LogP contribution in [-0.2, 0) is 4.79 Å². The number of hydrogen-bond acceptors (Lipinski definition) is 2. The minimum absolute atomic E-state index is 0.0615. The molecule has 86 valence electrons. The molecule has 2 aromatic rings. The van der Waals surface area contributed by atoms with Gasteiger partial charge in [-0.05, 0) is 11.6 Å². The van der Waals surface area contributed by atoms with Gasteiger partial charge in [0.1, 0.15) is 5.70 Å². The van der Waals surface area contributed by atoms with E-state index < -0.39 is 0 Å². The van der Waals surface area contributed by atoms with Gasteiger partial charge in [0.2, 0.25) is 0 Å². The first-order valence-corrected chi connectivity index (χ1v) is 5.53. The zero-order chi connectivity index (χ0) is 12.3. The maximum Gasteiger partial charge on any atom is 0.178 e. The molecule has 0 fully saturated rings. The van der Waals surface area contributed by atoms with Gasteiger partial charge in [0.25, 0.3) is 0 Å². The van der Waals surface area contributed by atoms with Crippen LogP contribution in [-0.4, -0.2) is 15.6 Å². The summed E-state index contributed by atoms with van der Waals surface area (Å²) in [5.41, 5.74) is 1.44. The number of allylic oxidation sites excluding steroid dienone is 1. The van der Waals surface area contributed by atoms with Crippen molar-refractivity contribution < 1.29 is 4.79 Å². The average molecular weight is 247 g/mol. The summed E-state index contributed by atoms with van der Waals surface area (Å²) in [4.78, 5) is 11.6. The third-order valence-corrected chi connectivity index (χ3v) is 2.46. The fourth-order valence-corrected chi connectivity index (χ4v) is 1.60. The average Bonchev–Trinajstić information content (AvgIpc) is 2.73. The van der Waals surface area contributed by atoms with Gasteiger partial charge in [-0.1, -0.05) is 41.9 Å². The zero-order valence-corrected chi connectivity index (χ0v) is 10.1. The lowest BCUT2D eigenvalue weighted by Crippen LogP contribution is -2.05. The van der Waals surface area contributed by atoms with Crippen molar-refractivity contribution >= 4 is 29.2 Å². The normalized spacial score (nSPS) is 11.5. The molecule has 0 saturated carbocycles. The number of hydrogen-bond donors (Lipinski definition) is 0. The Bertz CT molecular complexity index is 558. The molecule has 3 nitrogen and oxygen atoms in total. The third kappa shape index (κ3) is 2.82. The van der Waals surface area contributed by atoms with Crippen LogP contribution in [0.5, 0.6) is 0 Å². The van der Waals surface area contributed by atoms with E-state index in [1.807, 2.05) is 30.3 Å². The van der Waals surface area contributed by atoms with Crippen LogP contribution in [0.1, 0.15) is 12.5 Å². The number of aromatic nitrogens is 2. The number of benzene rings is 1. The molecule has 0 bridgehead atoms. The Morgan fingerprint density at radius 3 is 2.59 bits per heavy atom. The summed E-state index contributed by atoms with van der Waals surface area (Å²) < 4.78 is 1.48. The Labute approximate surface area is 104 Å². The molecule has 0 atom stereocenters. The molecule has 17 heavy (non-hydrogen) atoms. The molecule has 1 aromatic heterocycles. The molecule has 0 spiro atoms. The van der Waals surface area contributed by atoms with Crippen molar-refractivity contribution in [3.8, 4) is 0 Å². The molecular weight excluding hydrogens is 236 g/mol. The third-order valence-electron chi connectivity index (χ3n) is 2.26. The van der Waals surface area contributed by atoms with Gasteiger partial charge in [-0.15, -0.1) is 0 Å². The van der Waals surface area contributed by atoms with Crippen molar-refractivity contribution in [2.75, 3.05) is 0 Å². The number of nitrogens with zero attached hydrogens (tertiary/aromatic N) is 2. The second kappa shape index (κ2) is 4.97. The smallest absolute Gasteiger partial charge is 0.178 e. The van der Waals surface area contributed by atoms with Crippen LogP contribution in [0.4, 0.5) is 0 Å². The van der Waals surface area contributed by atoms with Gasteiger partial charge in [-0.25, -0.2) is 4.68 Å². The van der Waals surface area contributed by atoms with E-state index >= 15 is 0 Å². The van der Waals surface area contributed by atoms with Crippen molar-refractivity contribution in [2.45, 2.75) is 6.92 Å². The van der Waals surface area contributed by atoms with Gasteiger partial charge in [0.05, 0.1) is 11.2 Å². The summed E-state index contributed by atoms with van der Waals surface area (Å²) in [6.45, 7) is 1.50. The molecule has 1 heterocycles. The van der Waals surface area contributed by atoms with E-state index in [0.29, 0.717) is 10.7 Å². The zero-order valence-electron chi connectivity index (χ0n) is 9.30. The first kappa shape index (κ1) is 11.6. The van der Waals surface area contributed by atoms with Gasteiger partial charge in [0.15, 0.2) is 5.78 Å². The standard InChI is InChI=1S/C13H11ClN2O/c1-10(17)13(16-9-12(14)8-15-16)7-11-5-3-2-4-6-11/h2-9H,1H3/b13-7-. The largest absolute Gasteiger partial charge is 0.293 e. The van der Waals surface area contributed by atoms with E-state index in [-0.39, 0.29) is 5.78 Å². The maximum atomic E-state index is 11.6. The highest BCUT2D eigenvalue weighted by atomic mass is 35.5. The Balaban J connectivity index is 2.43. The number of carbonyl (C=O) groups is 1. The van der Waals surface area contributed by atoms with Crippen LogP contribution in [0.2, 0.25) is 5.02 Å². The molecule has 0 amide bonds. The summed E-state index contributed by atoms with van der Waals surface area (Å²) in [5.74, 6) is -0.0615. The van der Waals surface area contributed by atoms with E-state index in [2.05, 4.69) is 5.10 Å². The van der Waals surface area contributed by atoms with Crippen LogP contribution in [0.25, 0.3) is 11.8 Å². The topological polar surface area (TPSA) is 34.9 Å². The van der Waals surface area contributed by atoms with Gasteiger partial charge in [-0.2, -0.15) is 5.10 Å². The minimum Gasteiger partial charge on any atom is -0.293 e. The summed E-state index contributed by atoms with van der Waals surface area (Å²) in [6.07, 6.45) is 4.90. The first-order valence-electron chi connectivity index (χ1n) is 5.15. The Morgan fingerprint density at radius 1 is 1.35 bits per heavy atom. The molecule has 0 radical (unpaired) electrons. The highest BCUT2D eigenvalue weighted by Crippen LogP contribution is 2.14. The van der Waals surface area contributed by atoms with Crippen molar-refractivity contribution in [3.63, 3.8) is 0 Å². The molecule has 0 saturated heterocycles. The van der Waals surface area contributed by atoms with Gasteiger partial charge >= 0.3 is 0 Å². The van der Waals surface area contributed by atoms with E-state index in [1.165, 1.54) is 17.8 Å². The number of rotatable bonds is 3. The summed E-state index contributed by atoms with van der Waals surface area (Å²) >= 11 is 5.79. The van der Waals surface area contributed by atoms with E-state index in [9.17, 15) is 4.79 Å². The minimum atomic E-state index is -0.0615. The Kier molecular flexibility index (Phi) is 3.40. The number of Topliss-reactive ketones (excluding diaryl/α,β-unsaturated/α-hetero) is 1. The number of ketones is 1. The van der Waals surface area contributed by atoms with Crippen LogP contribution >= 0.6 is 11.6 Å². The van der Waals surface area contributed by atoms with Crippen molar-refractivity contribution in [1.82, 2.24) is 9.78 Å². The fourth-order valence-electron chi connectivity index (χ4n) is 1.47. The summed E-state index contributed by atoms with van der Waals surface area (Å²) in [5, 5.41) is 4.53. The van der Waals surface area contributed by atoms with Crippen LogP contribution < -0.4 is 0 Å². The van der Waals surface area contributed by atoms with Gasteiger partial charge in [0, 0.05) is 13.1 Å². The first-order chi connectivity index (χ1) is 8.16. The Hall–Kier alpha value is -1.87. The van der Waals surface area contributed by atoms with E-state index in [0.717, 1.165) is 5.56 Å². The number of halogens is 1. The maximum absolute atomic E-state index is 11.6. The summed E-state index contributed by atoms with van der Waals surface area (Å²) in [6, 6.07) is 9.61. The molecule has 4 heteroatoms. The van der Waals surface area contributed by atoms with Crippen molar-refractivity contribution in [3.05, 3.63) is 53.3 Å². The highest BCUT2D eigenvalue weighted by molar-refractivity contribution is 6.30.